The third-order valence-electron chi connectivity index (χ3n) is 1.88. The number of nitrogens with zero attached hydrogens (tertiary/aromatic N) is 1. The molecule has 12 heavy (non-hydrogen) atoms. The maximum absolute atomic E-state index is 4.08. The van der Waals surface area contributed by atoms with Crippen LogP contribution in [0.25, 0.3) is 5.57 Å². The molecule has 0 bridgehead atoms. The topological polar surface area (TPSA) is 3.24 Å². The van der Waals surface area contributed by atoms with Crippen molar-refractivity contribution < 1.29 is 0 Å². The summed E-state index contributed by atoms with van der Waals surface area (Å²) in [6.45, 7) is 6.14. The average molecular weight is 309 g/mol. The summed E-state index contributed by atoms with van der Waals surface area (Å²) in [5.74, 6) is 0. The third kappa shape index (κ3) is 1.57. The highest BCUT2D eigenvalue weighted by atomic mass is 127. The van der Waals surface area contributed by atoms with Crippen LogP contribution in [-0.2, 0) is 6.54 Å². The van der Waals surface area contributed by atoms with E-state index in [-0.39, 0.29) is 0 Å². The quantitative estimate of drug-likeness (QED) is 0.576. The molecular weight excluding hydrogens is 301 g/mol. The van der Waals surface area contributed by atoms with Crippen LogP contribution in [-0.4, -0.2) is 10.8 Å². The molecule has 0 saturated heterocycles. The molecule has 0 amide bonds. The van der Waals surface area contributed by atoms with Crippen LogP contribution in [0.1, 0.15) is 10.4 Å². The zero-order chi connectivity index (χ0) is 8.55. The van der Waals surface area contributed by atoms with Crippen LogP contribution in [0.4, 0.5) is 0 Å². The predicted octanol–water partition coefficient (Wildman–Crippen LogP) is 3.58. The van der Waals surface area contributed by atoms with E-state index in [0.29, 0.717) is 0 Å². The monoisotopic (exact) mass is 309 g/mol. The second-order valence-electron chi connectivity index (χ2n) is 2.75. The first kappa shape index (κ1) is 9.05. The Labute approximate surface area is 92.6 Å². The molecule has 1 aliphatic heterocycles. The summed E-state index contributed by atoms with van der Waals surface area (Å²) in [7, 11) is 1.76. The molecule has 64 valence electrons. The lowest BCUT2D eigenvalue weighted by molar-refractivity contribution is 0.518. The number of halogens is 1. The van der Waals surface area contributed by atoms with E-state index in [0.717, 1.165) is 13.1 Å². The maximum Gasteiger partial charge on any atom is 0.0366 e. The summed E-state index contributed by atoms with van der Waals surface area (Å²) < 4.78 is 2.32. The van der Waals surface area contributed by atoms with Gasteiger partial charge in [-0.05, 0) is 31.7 Å². The second-order valence-corrected chi connectivity index (χ2v) is 5.50. The summed E-state index contributed by atoms with van der Waals surface area (Å²) in [6.07, 6.45) is 0. The molecule has 0 unspecified atom stereocenters. The van der Waals surface area contributed by atoms with Crippen LogP contribution in [0.2, 0.25) is 0 Å². The zero-order valence-electron chi connectivity index (χ0n) is 6.42. The maximum atomic E-state index is 4.08. The molecule has 0 aliphatic carbocycles. The molecule has 0 spiro atoms. The molecule has 1 aromatic rings. The Morgan fingerprint density at radius 1 is 1.58 bits per heavy atom. The van der Waals surface area contributed by atoms with E-state index in [1.165, 1.54) is 16.0 Å². The molecule has 1 aliphatic rings. The van der Waals surface area contributed by atoms with Gasteiger partial charge in [0.05, 0.1) is 0 Å². The highest BCUT2D eigenvalue weighted by Gasteiger charge is 2.19. The fourth-order valence-electron chi connectivity index (χ4n) is 1.35. The van der Waals surface area contributed by atoms with Gasteiger partial charge in [-0.15, -0.1) is 11.3 Å². The Morgan fingerprint density at radius 3 is 3.17 bits per heavy atom. The molecular formula is C8H8INS2. The van der Waals surface area contributed by atoms with Gasteiger partial charge in [-0.2, -0.15) is 0 Å². The highest BCUT2D eigenvalue weighted by Crippen LogP contribution is 2.35. The molecule has 0 radical (unpaired) electrons. The SMILES string of the molecule is C=C1CN(SI)Cc2ccsc21. The Kier molecular flexibility index (Phi) is 2.78. The van der Waals surface area contributed by atoms with Crippen LogP contribution >= 0.6 is 41.7 Å². The van der Waals surface area contributed by atoms with Crippen molar-refractivity contribution in [2.75, 3.05) is 6.54 Å². The average Bonchev–Trinajstić information content (AvgIpc) is 2.52. The van der Waals surface area contributed by atoms with Gasteiger partial charge in [0.1, 0.15) is 0 Å². The van der Waals surface area contributed by atoms with Crippen molar-refractivity contribution in [1.29, 1.82) is 0 Å². The third-order valence-corrected chi connectivity index (χ3v) is 5.06. The molecule has 0 saturated carbocycles. The van der Waals surface area contributed by atoms with Gasteiger partial charge in [-0.25, -0.2) is 4.31 Å². The van der Waals surface area contributed by atoms with E-state index in [1.807, 2.05) is 11.3 Å². The van der Waals surface area contributed by atoms with Gasteiger partial charge in [-0.1, -0.05) is 6.58 Å². The normalized spacial score (nSPS) is 17.9. The van der Waals surface area contributed by atoms with Gasteiger partial charge in [0.2, 0.25) is 0 Å². The Balaban J connectivity index is 2.32. The minimum Gasteiger partial charge on any atom is -0.233 e. The molecule has 0 aromatic carbocycles. The van der Waals surface area contributed by atoms with Crippen molar-refractivity contribution in [3.63, 3.8) is 0 Å². The molecule has 1 aromatic heterocycles. The van der Waals surface area contributed by atoms with Crippen LogP contribution in [0.15, 0.2) is 18.0 Å². The van der Waals surface area contributed by atoms with Crippen LogP contribution in [0, 0.1) is 0 Å². The number of rotatable bonds is 1. The van der Waals surface area contributed by atoms with Crippen LogP contribution < -0.4 is 0 Å². The van der Waals surface area contributed by atoms with Gasteiger partial charge >= 0.3 is 0 Å². The van der Waals surface area contributed by atoms with Crippen molar-refractivity contribution in [2.24, 2.45) is 0 Å². The fraction of sp³-hybridized carbons (Fsp3) is 0.250. The van der Waals surface area contributed by atoms with Crippen molar-refractivity contribution in [3.05, 3.63) is 28.5 Å². The lowest BCUT2D eigenvalue weighted by Crippen LogP contribution is -2.20. The molecule has 0 atom stereocenters. The lowest BCUT2D eigenvalue weighted by Gasteiger charge is -2.24. The zero-order valence-corrected chi connectivity index (χ0v) is 10.2. The van der Waals surface area contributed by atoms with Gasteiger partial charge in [0.25, 0.3) is 0 Å². The number of fused-ring (bicyclic) bond motifs is 1. The van der Waals surface area contributed by atoms with E-state index in [1.54, 1.807) is 9.12 Å². The summed E-state index contributed by atoms with van der Waals surface area (Å²) in [4.78, 5) is 1.40. The smallest absolute Gasteiger partial charge is 0.0366 e. The Hall–Kier alpha value is 0.480. The van der Waals surface area contributed by atoms with E-state index in [2.05, 4.69) is 43.5 Å². The molecule has 0 fully saturated rings. The standard InChI is InChI=1S/C8H8INS2/c1-6-4-10(12-9)5-7-2-3-11-8(6)7/h2-3H,1,4-5H2. The minimum atomic E-state index is 1.00. The van der Waals surface area contributed by atoms with Gasteiger partial charge in [0, 0.05) is 39.2 Å². The van der Waals surface area contributed by atoms with Gasteiger partial charge in [-0.3, -0.25) is 0 Å². The van der Waals surface area contributed by atoms with Crippen LogP contribution in [0.3, 0.4) is 0 Å². The summed E-state index contributed by atoms with van der Waals surface area (Å²) in [5.41, 5.74) is 2.69. The van der Waals surface area contributed by atoms with E-state index < -0.39 is 0 Å². The van der Waals surface area contributed by atoms with Crippen LogP contribution in [0.5, 0.6) is 0 Å². The molecule has 1 nitrogen and oxygen atoms in total. The summed E-state index contributed by atoms with van der Waals surface area (Å²) in [5, 5.41) is 2.15. The first-order valence-corrected chi connectivity index (χ1v) is 7.79. The van der Waals surface area contributed by atoms with Crippen molar-refractivity contribution in [1.82, 2.24) is 4.31 Å². The number of thiophene rings is 1. The van der Waals surface area contributed by atoms with Gasteiger partial charge in [0.15, 0.2) is 0 Å². The Morgan fingerprint density at radius 2 is 2.42 bits per heavy atom. The van der Waals surface area contributed by atoms with Crippen molar-refractivity contribution >= 4 is 47.2 Å². The molecule has 2 heterocycles. The first-order chi connectivity index (χ1) is 5.81. The fourth-order valence-corrected chi connectivity index (χ4v) is 3.46. The molecule has 0 N–H and O–H groups in total. The van der Waals surface area contributed by atoms with E-state index in [9.17, 15) is 0 Å². The minimum absolute atomic E-state index is 1.00. The van der Waals surface area contributed by atoms with Gasteiger partial charge < -0.3 is 0 Å². The Bertz CT molecular complexity index is 308. The van der Waals surface area contributed by atoms with Crippen molar-refractivity contribution in [3.8, 4) is 0 Å². The molecule has 2 rings (SSSR count). The summed E-state index contributed by atoms with van der Waals surface area (Å²) >= 11 is 4.13. The lowest BCUT2D eigenvalue weighted by atomic mass is 10.1. The largest absolute Gasteiger partial charge is 0.233 e. The first-order valence-electron chi connectivity index (χ1n) is 3.59. The van der Waals surface area contributed by atoms with E-state index >= 15 is 0 Å². The second kappa shape index (κ2) is 3.69. The molecule has 4 heteroatoms. The van der Waals surface area contributed by atoms with E-state index in [4.69, 9.17) is 0 Å². The highest BCUT2D eigenvalue weighted by molar-refractivity contribution is 14.2. The predicted molar refractivity (Wildman–Crippen MR) is 65.4 cm³/mol. The number of hydrogen-bond donors (Lipinski definition) is 0. The van der Waals surface area contributed by atoms with Crippen molar-refractivity contribution in [2.45, 2.75) is 6.54 Å². The summed E-state index contributed by atoms with van der Waals surface area (Å²) in [6, 6.07) is 2.20. The number of hydrogen-bond acceptors (Lipinski definition) is 3.